The van der Waals surface area contributed by atoms with Crippen molar-refractivity contribution < 1.29 is 17.9 Å². The first-order chi connectivity index (χ1) is 17.5. The molecule has 36 heavy (non-hydrogen) atoms. The summed E-state index contributed by atoms with van der Waals surface area (Å²) in [6, 6.07) is 29.8. The van der Waals surface area contributed by atoms with Crippen LogP contribution in [0, 0.1) is 0 Å². The number of nitrogens with one attached hydrogen (secondary N) is 1. The monoisotopic (exact) mass is 500 g/mol. The van der Waals surface area contributed by atoms with Gasteiger partial charge in [0.1, 0.15) is 24.7 Å². The molecule has 0 aliphatic carbocycles. The summed E-state index contributed by atoms with van der Waals surface area (Å²) in [5.41, 5.74) is 4.19. The van der Waals surface area contributed by atoms with Crippen molar-refractivity contribution >= 4 is 28.0 Å². The number of aromatic nitrogens is 1. The maximum absolute atomic E-state index is 13.2. The van der Waals surface area contributed by atoms with Gasteiger partial charge in [-0.2, -0.15) is 5.10 Å². The predicted octanol–water partition coefficient (Wildman–Crippen LogP) is 4.01. The van der Waals surface area contributed by atoms with Crippen molar-refractivity contribution in [1.29, 1.82) is 0 Å². The van der Waals surface area contributed by atoms with E-state index in [0.29, 0.717) is 12.4 Å². The summed E-state index contributed by atoms with van der Waals surface area (Å²) in [4.78, 5) is 16.8. The van der Waals surface area contributed by atoms with Gasteiger partial charge in [0.2, 0.25) is 0 Å². The second-order valence-electron chi connectivity index (χ2n) is 7.65. The highest BCUT2D eigenvalue weighted by Crippen LogP contribution is 2.21. The van der Waals surface area contributed by atoms with Crippen LogP contribution in [0.15, 0.2) is 119 Å². The minimum Gasteiger partial charge on any atom is -0.489 e. The Morgan fingerprint density at radius 1 is 0.889 bits per heavy atom. The van der Waals surface area contributed by atoms with Crippen LogP contribution < -0.4 is 14.5 Å². The van der Waals surface area contributed by atoms with Gasteiger partial charge in [0, 0.05) is 6.20 Å². The lowest BCUT2D eigenvalue weighted by molar-refractivity contribution is -0.119. The van der Waals surface area contributed by atoms with Gasteiger partial charge in [-0.05, 0) is 59.7 Å². The van der Waals surface area contributed by atoms with Crippen LogP contribution in [0.5, 0.6) is 5.75 Å². The molecule has 1 aromatic heterocycles. The summed E-state index contributed by atoms with van der Waals surface area (Å²) in [7, 11) is -4.01. The molecule has 0 saturated carbocycles. The third-order valence-electron chi connectivity index (χ3n) is 5.05. The zero-order valence-electron chi connectivity index (χ0n) is 19.3. The Hall–Kier alpha value is -4.50. The van der Waals surface area contributed by atoms with Gasteiger partial charge in [0.25, 0.3) is 15.9 Å². The molecule has 182 valence electrons. The van der Waals surface area contributed by atoms with E-state index in [0.717, 1.165) is 15.4 Å². The van der Waals surface area contributed by atoms with E-state index in [-0.39, 0.29) is 10.7 Å². The van der Waals surface area contributed by atoms with Gasteiger partial charge in [-0.3, -0.25) is 4.79 Å². The van der Waals surface area contributed by atoms with E-state index >= 15 is 0 Å². The minimum atomic E-state index is -4.01. The van der Waals surface area contributed by atoms with Crippen LogP contribution >= 0.6 is 0 Å². The Morgan fingerprint density at radius 3 is 2.22 bits per heavy atom. The Labute approximate surface area is 209 Å². The lowest BCUT2D eigenvalue weighted by Gasteiger charge is -2.22. The smallest absolute Gasteiger partial charge is 0.265 e. The SMILES string of the molecule is O=C(CN(c1ccccn1)S(=O)(=O)c1ccccc1)N/N=C\c1ccc(OCc2ccccc2)cc1. The molecule has 0 spiro atoms. The number of ether oxygens (including phenoxy) is 1. The predicted molar refractivity (Wildman–Crippen MR) is 138 cm³/mol. The van der Waals surface area contributed by atoms with Crippen LogP contribution in [0.25, 0.3) is 0 Å². The first-order valence-electron chi connectivity index (χ1n) is 11.1. The number of carbonyl (C=O) groups is 1. The van der Waals surface area contributed by atoms with Gasteiger partial charge >= 0.3 is 0 Å². The van der Waals surface area contributed by atoms with Gasteiger partial charge in [0.15, 0.2) is 0 Å². The molecule has 0 aliphatic heterocycles. The molecule has 0 radical (unpaired) electrons. The van der Waals surface area contributed by atoms with Crippen LogP contribution in [-0.2, 0) is 21.4 Å². The third-order valence-corrected chi connectivity index (χ3v) is 6.82. The van der Waals surface area contributed by atoms with Crippen LogP contribution in [0.1, 0.15) is 11.1 Å². The molecule has 0 bridgehead atoms. The minimum absolute atomic E-state index is 0.0570. The maximum atomic E-state index is 13.2. The number of sulfonamides is 1. The first kappa shape index (κ1) is 24.6. The van der Waals surface area contributed by atoms with Gasteiger partial charge < -0.3 is 4.74 Å². The number of hydrogen-bond acceptors (Lipinski definition) is 6. The normalized spacial score (nSPS) is 11.2. The molecule has 1 amide bonds. The van der Waals surface area contributed by atoms with E-state index in [9.17, 15) is 13.2 Å². The van der Waals surface area contributed by atoms with Crippen LogP contribution in [0.2, 0.25) is 0 Å². The highest BCUT2D eigenvalue weighted by molar-refractivity contribution is 7.92. The highest BCUT2D eigenvalue weighted by atomic mass is 32.2. The standard InChI is InChI=1S/C27H24N4O4S/c32-27(20-31(26-13-7-8-18-28-26)36(33,34)25-11-5-2-6-12-25)30-29-19-22-14-16-24(17-15-22)35-21-23-9-3-1-4-10-23/h1-19H,20-21H2,(H,30,32)/b29-19-. The lowest BCUT2D eigenvalue weighted by atomic mass is 10.2. The lowest BCUT2D eigenvalue weighted by Crippen LogP contribution is -2.40. The van der Waals surface area contributed by atoms with Crippen LogP contribution in [-0.4, -0.2) is 32.1 Å². The number of amides is 1. The van der Waals surface area contributed by atoms with E-state index in [1.54, 1.807) is 54.6 Å². The molecule has 9 heteroatoms. The Morgan fingerprint density at radius 2 is 1.56 bits per heavy atom. The average molecular weight is 501 g/mol. The van der Waals surface area contributed by atoms with E-state index < -0.39 is 22.5 Å². The Bertz CT molecular complexity index is 1400. The zero-order chi connectivity index (χ0) is 25.2. The number of nitrogens with zero attached hydrogens (tertiary/aromatic N) is 3. The van der Waals surface area contributed by atoms with Crippen molar-refractivity contribution in [2.45, 2.75) is 11.5 Å². The molecule has 0 fully saturated rings. The fourth-order valence-corrected chi connectivity index (χ4v) is 4.64. The fraction of sp³-hybridized carbons (Fsp3) is 0.0741. The summed E-state index contributed by atoms with van der Waals surface area (Å²) >= 11 is 0. The highest BCUT2D eigenvalue weighted by Gasteiger charge is 2.27. The molecule has 3 aromatic carbocycles. The van der Waals surface area contributed by atoms with E-state index in [2.05, 4.69) is 15.5 Å². The number of benzene rings is 3. The molecule has 0 saturated heterocycles. The molecule has 1 N–H and O–H groups in total. The molecule has 1 heterocycles. The summed E-state index contributed by atoms with van der Waals surface area (Å²) in [6.07, 6.45) is 2.93. The summed E-state index contributed by atoms with van der Waals surface area (Å²) < 4.78 is 33.1. The molecule has 0 atom stereocenters. The van der Waals surface area contributed by atoms with E-state index in [1.807, 2.05) is 30.3 Å². The van der Waals surface area contributed by atoms with Gasteiger partial charge in [-0.15, -0.1) is 0 Å². The molecular formula is C27H24N4O4S. The second kappa shape index (κ2) is 11.8. The van der Waals surface area contributed by atoms with Gasteiger partial charge in [0.05, 0.1) is 11.1 Å². The first-order valence-corrected chi connectivity index (χ1v) is 12.5. The molecule has 8 nitrogen and oxygen atoms in total. The van der Waals surface area contributed by atoms with Crippen molar-refractivity contribution in [2.24, 2.45) is 5.10 Å². The van der Waals surface area contributed by atoms with Gasteiger partial charge in [-0.25, -0.2) is 23.1 Å². The van der Waals surface area contributed by atoms with Crippen molar-refractivity contribution in [3.05, 3.63) is 120 Å². The van der Waals surface area contributed by atoms with Crippen LogP contribution in [0.4, 0.5) is 5.82 Å². The van der Waals surface area contributed by atoms with Crippen molar-refractivity contribution in [1.82, 2.24) is 10.4 Å². The quantitative estimate of drug-likeness (QED) is 0.262. The topological polar surface area (TPSA) is 101 Å². The fourth-order valence-electron chi connectivity index (χ4n) is 3.25. The van der Waals surface area contributed by atoms with Crippen molar-refractivity contribution in [2.75, 3.05) is 10.8 Å². The average Bonchev–Trinajstić information content (AvgIpc) is 2.93. The molecule has 4 rings (SSSR count). The number of hydrazone groups is 1. The number of anilines is 1. The molecule has 0 aliphatic rings. The summed E-state index contributed by atoms with van der Waals surface area (Å²) in [5.74, 6) is 0.225. The number of hydrogen-bond donors (Lipinski definition) is 1. The maximum Gasteiger partial charge on any atom is 0.265 e. The summed E-state index contributed by atoms with van der Waals surface area (Å²) in [6.45, 7) is -0.0269. The molecule has 4 aromatic rings. The Kier molecular flexibility index (Phi) is 8.05. The number of rotatable bonds is 10. The number of pyridine rings is 1. The van der Waals surface area contributed by atoms with E-state index in [4.69, 9.17) is 4.74 Å². The number of carbonyl (C=O) groups excluding carboxylic acids is 1. The van der Waals surface area contributed by atoms with Gasteiger partial charge in [-0.1, -0.05) is 54.6 Å². The zero-order valence-corrected chi connectivity index (χ0v) is 20.1. The molecule has 0 unspecified atom stereocenters. The second-order valence-corrected chi connectivity index (χ2v) is 9.51. The largest absolute Gasteiger partial charge is 0.489 e. The van der Waals surface area contributed by atoms with Crippen molar-refractivity contribution in [3.8, 4) is 5.75 Å². The van der Waals surface area contributed by atoms with Crippen LogP contribution in [0.3, 0.4) is 0 Å². The third kappa shape index (κ3) is 6.55. The van der Waals surface area contributed by atoms with E-state index in [1.165, 1.54) is 30.6 Å². The Balaban J connectivity index is 1.38. The summed E-state index contributed by atoms with van der Waals surface area (Å²) in [5, 5.41) is 3.96. The van der Waals surface area contributed by atoms with Crippen molar-refractivity contribution in [3.63, 3.8) is 0 Å². The molecular weight excluding hydrogens is 476 g/mol.